The molecular weight excluding hydrogens is 466 g/mol. The van der Waals surface area contributed by atoms with Crippen LogP contribution in [0.1, 0.15) is 87.8 Å². The molecule has 8 aliphatic carbocycles. The molecule has 0 amide bonds. The molecule has 0 N–H and O–H groups in total. The third-order valence-corrected chi connectivity index (χ3v) is 12.4. The smallest absolute Gasteiger partial charge is 0.313 e. The van der Waals surface area contributed by atoms with Crippen molar-refractivity contribution in [2.45, 2.75) is 76.6 Å². The Hall–Kier alpha value is -1.80. The van der Waals surface area contributed by atoms with Crippen LogP contribution in [0, 0.1) is 71.0 Å². The first-order valence-electron chi connectivity index (χ1n) is 14.3. The zero-order valence-electron chi connectivity index (χ0n) is 21.2. The maximum absolute atomic E-state index is 14.0. The minimum atomic E-state index is -0.700. The molecule has 4 nitrogen and oxygen atoms in total. The van der Waals surface area contributed by atoms with Crippen molar-refractivity contribution >= 4 is 22.8 Å². The van der Waals surface area contributed by atoms with Crippen LogP contribution in [0.15, 0.2) is 18.3 Å². The molecule has 4 unspecified atom stereocenters. The largest absolute Gasteiger partial charge is 0.444 e. The summed E-state index contributed by atoms with van der Waals surface area (Å²) in [6, 6.07) is 3.68. The van der Waals surface area contributed by atoms with Crippen LogP contribution < -0.4 is 0 Å². The van der Waals surface area contributed by atoms with Gasteiger partial charge in [-0.25, -0.2) is 0 Å². The van der Waals surface area contributed by atoms with Crippen molar-refractivity contribution < 1.29 is 14.3 Å². The molecule has 0 spiro atoms. The quantitative estimate of drug-likeness (QED) is 0.264. The third-order valence-electron chi connectivity index (χ3n) is 11.4. The summed E-state index contributed by atoms with van der Waals surface area (Å²) in [4.78, 5) is 32.4. The Bertz CT molecular complexity index is 1060. The zero-order valence-corrected chi connectivity index (χ0v) is 22.1. The molecule has 1 aromatic heterocycles. The molecule has 0 saturated heterocycles. The highest BCUT2D eigenvalue weighted by Crippen LogP contribution is 2.64. The predicted molar refractivity (Wildman–Crippen MR) is 139 cm³/mol. The van der Waals surface area contributed by atoms with Crippen LogP contribution in [0.5, 0.6) is 0 Å². The Morgan fingerprint density at radius 2 is 1.58 bits per heavy atom. The van der Waals surface area contributed by atoms with Crippen LogP contribution >= 0.6 is 11.8 Å². The lowest BCUT2D eigenvalue weighted by Gasteiger charge is -2.59. The molecule has 8 fully saturated rings. The van der Waals surface area contributed by atoms with Crippen LogP contribution in [0.25, 0.3) is 0 Å². The number of ether oxygens (including phenoxy) is 1. The highest BCUT2D eigenvalue weighted by Gasteiger charge is 2.60. The van der Waals surface area contributed by atoms with E-state index in [1.54, 1.807) is 6.20 Å². The van der Waals surface area contributed by atoms with E-state index in [0.717, 1.165) is 24.7 Å². The van der Waals surface area contributed by atoms with Gasteiger partial charge < -0.3 is 4.74 Å². The first-order chi connectivity index (χ1) is 17.4. The number of thioether (sulfide) groups is 1. The number of aromatic nitrogens is 1. The Morgan fingerprint density at radius 1 is 0.972 bits per heavy atom. The molecule has 190 valence electrons. The molecule has 36 heavy (non-hydrogen) atoms. The Morgan fingerprint density at radius 3 is 2.17 bits per heavy atom. The van der Waals surface area contributed by atoms with E-state index in [0.29, 0.717) is 46.8 Å². The maximum Gasteiger partial charge on any atom is 0.313 e. The van der Waals surface area contributed by atoms with Crippen molar-refractivity contribution in [2.75, 3.05) is 0 Å². The Balaban J connectivity index is 1.15. The van der Waals surface area contributed by atoms with Crippen LogP contribution in [0.3, 0.4) is 0 Å². The maximum atomic E-state index is 14.0. The van der Waals surface area contributed by atoms with Gasteiger partial charge >= 0.3 is 5.97 Å². The molecule has 1 heterocycles. The molecule has 4 atom stereocenters. The van der Waals surface area contributed by atoms with Crippen LogP contribution in [0.4, 0.5) is 0 Å². The molecule has 0 aromatic carbocycles. The molecule has 0 radical (unpaired) electrons. The van der Waals surface area contributed by atoms with Gasteiger partial charge in [-0.15, -0.1) is 6.42 Å². The van der Waals surface area contributed by atoms with Crippen molar-refractivity contribution in [3.8, 4) is 12.3 Å². The summed E-state index contributed by atoms with van der Waals surface area (Å²) in [5.74, 6) is 7.59. The summed E-state index contributed by atoms with van der Waals surface area (Å²) in [7, 11) is 0. The SMILES string of the molecule is C#Cc1ccc(C(OC(=O)C23CC4CC(CC(C4)C2C)C3)SC(=O)C2C3CC4CC(C3)CC2C4)nc1. The number of nitrogens with zero attached hydrogens (tertiary/aromatic N) is 1. The van der Waals surface area contributed by atoms with Gasteiger partial charge in [0.1, 0.15) is 0 Å². The Labute approximate surface area is 219 Å². The molecule has 5 heteroatoms. The summed E-state index contributed by atoms with van der Waals surface area (Å²) >= 11 is 1.23. The number of hydrogen-bond acceptors (Lipinski definition) is 5. The average Bonchev–Trinajstić information content (AvgIpc) is 2.85. The van der Waals surface area contributed by atoms with E-state index in [4.69, 9.17) is 11.2 Å². The standard InChI is InChI=1S/C31H37NO3S/c1-3-18-4-5-26(32-16-18)29(36-28(33)27-24-8-19-6-20(10-24)11-25(27)9-19)35-30(34)31-14-21-7-22(15-31)13-23(12-21)17(31)2/h1,4-5,16-17,19-25,27,29H,6-15H2,2H3. The van der Waals surface area contributed by atoms with E-state index < -0.39 is 10.9 Å². The second-order valence-electron chi connectivity index (χ2n) is 13.3. The van der Waals surface area contributed by atoms with Crippen LogP contribution in [-0.4, -0.2) is 16.1 Å². The highest BCUT2D eigenvalue weighted by molar-refractivity contribution is 8.13. The molecule has 8 aliphatic rings. The fourth-order valence-electron chi connectivity index (χ4n) is 10.1. The first-order valence-corrected chi connectivity index (χ1v) is 15.1. The molecular formula is C31H37NO3S. The van der Waals surface area contributed by atoms with E-state index >= 15 is 0 Å². The van der Waals surface area contributed by atoms with Gasteiger partial charge in [0.15, 0.2) is 10.6 Å². The lowest BCUT2D eigenvalue weighted by Crippen LogP contribution is -2.56. The lowest BCUT2D eigenvalue weighted by molar-refractivity contribution is -0.184. The molecule has 8 saturated carbocycles. The van der Waals surface area contributed by atoms with Gasteiger partial charge in [0.25, 0.3) is 0 Å². The van der Waals surface area contributed by atoms with E-state index in [1.807, 2.05) is 12.1 Å². The summed E-state index contributed by atoms with van der Waals surface area (Å²) in [5.41, 5.74) is 0.227. The fourth-order valence-corrected chi connectivity index (χ4v) is 11.3. The number of esters is 1. The van der Waals surface area contributed by atoms with Gasteiger partial charge in [0, 0.05) is 17.7 Å². The van der Waals surface area contributed by atoms with E-state index in [9.17, 15) is 9.59 Å². The van der Waals surface area contributed by atoms with Gasteiger partial charge in [-0.05, 0) is 135 Å². The van der Waals surface area contributed by atoms with E-state index in [1.165, 1.54) is 63.1 Å². The second kappa shape index (κ2) is 8.62. The topological polar surface area (TPSA) is 56.3 Å². The third kappa shape index (κ3) is 3.69. The molecule has 8 bridgehead atoms. The van der Waals surface area contributed by atoms with Gasteiger partial charge in [-0.2, -0.15) is 0 Å². The predicted octanol–water partition coefficient (Wildman–Crippen LogP) is 6.40. The summed E-state index contributed by atoms with van der Waals surface area (Å²) in [6.07, 6.45) is 19.1. The Kier molecular flexibility index (Phi) is 5.58. The van der Waals surface area contributed by atoms with Gasteiger partial charge in [-0.3, -0.25) is 14.6 Å². The van der Waals surface area contributed by atoms with Crippen molar-refractivity contribution in [1.82, 2.24) is 4.98 Å². The number of carbonyl (C=O) groups excluding carboxylic acids is 2. The van der Waals surface area contributed by atoms with E-state index in [-0.39, 0.29) is 17.0 Å². The van der Waals surface area contributed by atoms with Gasteiger partial charge in [0.05, 0.1) is 11.1 Å². The summed E-state index contributed by atoms with van der Waals surface area (Å²) < 4.78 is 6.37. The van der Waals surface area contributed by atoms with Crippen LogP contribution in [0.2, 0.25) is 0 Å². The second-order valence-corrected chi connectivity index (χ2v) is 14.4. The minimum Gasteiger partial charge on any atom is -0.444 e. The fraction of sp³-hybridized carbons (Fsp3) is 0.710. The number of terminal acetylenes is 1. The van der Waals surface area contributed by atoms with E-state index in [2.05, 4.69) is 17.8 Å². The number of rotatable bonds is 5. The number of carbonyl (C=O) groups is 2. The lowest BCUT2D eigenvalue weighted by atomic mass is 9.45. The van der Waals surface area contributed by atoms with Crippen LogP contribution in [-0.2, 0) is 14.3 Å². The average molecular weight is 504 g/mol. The summed E-state index contributed by atoms with van der Waals surface area (Å²) in [5, 5.41) is 0.211. The van der Waals surface area contributed by atoms with Crippen molar-refractivity contribution in [3.05, 3.63) is 29.6 Å². The highest BCUT2D eigenvalue weighted by atomic mass is 32.2. The normalized spacial score (nSPS) is 44.3. The molecule has 1 aromatic rings. The minimum absolute atomic E-state index is 0.0905. The van der Waals surface area contributed by atoms with Gasteiger partial charge in [0.2, 0.25) is 0 Å². The number of hydrogen-bond donors (Lipinski definition) is 0. The molecule has 0 aliphatic heterocycles. The monoisotopic (exact) mass is 503 g/mol. The first kappa shape index (κ1) is 23.3. The van der Waals surface area contributed by atoms with Crippen molar-refractivity contribution in [3.63, 3.8) is 0 Å². The van der Waals surface area contributed by atoms with Gasteiger partial charge in [-0.1, -0.05) is 12.8 Å². The number of pyridine rings is 1. The van der Waals surface area contributed by atoms with Crippen molar-refractivity contribution in [1.29, 1.82) is 0 Å². The summed E-state index contributed by atoms with van der Waals surface area (Å²) in [6.45, 7) is 2.27. The molecule has 9 rings (SSSR count). The zero-order chi connectivity index (χ0) is 24.6. The van der Waals surface area contributed by atoms with Crippen molar-refractivity contribution in [2.24, 2.45) is 58.7 Å².